The molecule has 104 valence electrons. The van der Waals surface area contributed by atoms with Crippen LogP contribution in [-0.2, 0) is 0 Å². The Morgan fingerprint density at radius 3 is 2.25 bits per heavy atom. The van der Waals surface area contributed by atoms with Crippen LogP contribution < -0.4 is 11.1 Å². The Morgan fingerprint density at radius 1 is 1.10 bits per heavy atom. The quantitative estimate of drug-likeness (QED) is 0.668. The SMILES string of the molecule is CSc1ccc(C(C)NC(=O)c2ccc(N)cc2)cc1. The molecule has 4 heteroatoms. The van der Waals surface area contributed by atoms with Gasteiger partial charge in [0.2, 0.25) is 0 Å². The molecule has 0 fully saturated rings. The number of anilines is 1. The molecule has 0 aromatic heterocycles. The molecule has 2 aromatic rings. The number of carbonyl (C=O) groups is 1. The third-order valence-corrected chi connectivity index (χ3v) is 3.88. The highest BCUT2D eigenvalue weighted by molar-refractivity contribution is 7.98. The number of hydrogen-bond acceptors (Lipinski definition) is 3. The number of nitrogens with two attached hydrogens (primary N) is 1. The van der Waals surface area contributed by atoms with Gasteiger partial charge in [-0.3, -0.25) is 4.79 Å². The van der Waals surface area contributed by atoms with E-state index in [1.165, 1.54) is 4.90 Å². The van der Waals surface area contributed by atoms with Crippen molar-refractivity contribution in [1.82, 2.24) is 5.32 Å². The standard InChI is InChI=1S/C16H18N2OS/c1-11(12-5-9-15(20-2)10-6-12)18-16(19)13-3-7-14(17)8-4-13/h3-11H,17H2,1-2H3,(H,18,19). The minimum Gasteiger partial charge on any atom is -0.399 e. The van der Waals surface area contributed by atoms with E-state index in [1.54, 1.807) is 36.0 Å². The van der Waals surface area contributed by atoms with Crippen molar-refractivity contribution in [3.8, 4) is 0 Å². The second-order valence-electron chi connectivity index (χ2n) is 4.59. The molecule has 0 saturated heterocycles. The Kier molecular flexibility index (Phi) is 4.69. The molecule has 0 aliphatic carbocycles. The van der Waals surface area contributed by atoms with Crippen molar-refractivity contribution in [3.05, 3.63) is 59.7 Å². The lowest BCUT2D eigenvalue weighted by Gasteiger charge is -2.15. The average Bonchev–Trinajstić information content (AvgIpc) is 2.48. The Hall–Kier alpha value is -1.94. The molecular formula is C16H18N2OS. The molecule has 20 heavy (non-hydrogen) atoms. The summed E-state index contributed by atoms with van der Waals surface area (Å²) in [6.45, 7) is 1.98. The van der Waals surface area contributed by atoms with Gasteiger partial charge in [0.1, 0.15) is 0 Å². The third-order valence-electron chi connectivity index (χ3n) is 3.14. The number of rotatable bonds is 4. The molecule has 1 unspecified atom stereocenters. The summed E-state index contributed by atoms with van der Waals surface area (Å²) in [7, 11) is 0. The fourth-order valence-electron chi connectivity index (χ4n) is 1.89. The van der Waals surface area contributed by atoms with Gasteiger partial charge < -0.3 is 11.1 Å². The summed E-state index contributed by atoms with van der Waals surface area (Å²) in [6, 6.07) is 15.1. The topological polar surface area (TPSA) is 55.1 Å². The highest BCUT2D eigenvalue weighted by Crippen LogP contribution is 2.19. The highest BCUT2D eigenvalue weighted by Gasteiger charge is 2.11. The first-order chi connectivity index (χ1) is 9.60. The first-order valence-electron chi connectivity index (χ1n) is 6.40. The second-order valence-corrected chi connectivity index (χ2v) is 5.47. The lowest BCUT2D eigenvalue weighted by atomic mass is 10.1. The lowest BCUT2D eigenvalue weighted by Crippen LogP contribution is -2.26. The molecular weight excluding hydrogens is 268 g/mol. The predicted octanol–water partition coefficient (Wildman–Crippen LogP) is 3.48. The largest absolute Gasteiger partial charge is 0.399 e. The Labute approximate surface area is 123 Å². The van der Waals surface area contributed by atoms with Crippen molar-refractivity contribution in [1.29, 1.82) is 0 Å². The zero-order chi connectivity index (χ0) is 14.5. The van der Waals surface area contributed by atoms with Crippen LogP contribution in [0.1, 0.15) is 28.9 Å². The van der Waals surface area contributed by atoms with Crippen LogP contribution in [0.3, 0.4) is 0 Å². The summed E-state index contributed by atoms with van der Waals surface area (Å²) < 4.78 is 0. The molecule has 1 amide bonds. The van der Waals surface area contributed by atoms with E-state index in [9.17, 15) is 4.79 Å². The Morgan fingerprint density at radius 2 is 1.70 bits per heavy atom. The summed E-state index contributed by atoms with van der Waals surface area (Å²) >= 11 is 1.70. The van der Waals surface area contributed by atoms with E-state index in [0.29, 0.717) is 11.3 Å². The molecule has 1 atom stereocenters. The van der Waals surface area contributed by atoms with E-state index in [4.69, 9.17) is 5.73 Å². The maximum atomic E-state index is 12.1. The lowest BCUT2D eigenvalue weighted by molar-refractivity contribution is 0.0940. The van der Waals surface area contributed by atoms with Crippen LogP contribution in [0.15, 0.2) is 53.4 Å². The molecule has 0 aliphatic rings. The number of benzene rings is 2. The normalized spacial score (nSPS) is 11.9. The summed E-state index contributed by atoms with van der Waals surface area (Å²) in [4.78, 5) is 13.3. The van der Waals surface area contributed by atoms with Crippen LogP contribution in [0.2, 0.25) is 0 Å². The molecule has 3 nitrogen and oxygen atoms in total. The second kappa shape index (κ2) is 6.48. The van der Waals surface area contributed by atoms with Gasteiger partial charge in [-0.2, -0.15) is 0 Å². The van der Waals surface area contributed by atoms with Crippen molar-refractivity contribution >= 4 is 23.4 Å². The fraction of sp³-hybridized carbons (Fsp3) is 0.188. The van der Waals surface area contributed by atoms with Crippen LogP contribution >= 0.6 is 11.8 Å². The van der Waals surface area contributed by atoms with Gasteiger partial charge in [-0.25, -0.2) is 0 Å². The van der Waals surface area contributed by atoms with E-state index in [2.05, 4.69) is 17.4 Å². The van der Waals surface area contributed by atoms with E-state index in [0.717, 1.165) is 5.56 Å². The van der Waals surface area contributed by atoms with E-state index in [-0.39, 0.29) is 11.9 Å². The number of amides is 1. The molecule has 0 radical (unpaired) electrons. The summed E-state index contributed by atoms with van der Waals surface area (Å²) in [5.41, 5.74) is 7.97. The smallest absolute Gasteiger partial charge is 0.251 e. The molecule has 0 saturated carbocycles. The molecule has 2 rings (SSSR count). The van der Waals surface area contributed by atoms with Crippen molar-refractivity contribution in [2.24, 2.45) is 0 Å². The van der Waals surface area contributed by atoms with Crippen LogP contribution in [0.25, 0.3) is 0 Å². The third kappa shape index (κ3) is 3.54. The Balaban J connectivity index is 2.04. The van der Waals surface area contributed by atoms with Crippen LogP contribution in [-0.4, -0.2) is 12.2 Å². The van der Waals surface area contributed by atoms with Gasteiger partial charge in [0, 0.05) is 16.1 Å². The Bertz CT molecular complexity index is 578. The van der Waals surface area contributed by atoms with Crippen LogP contribution in [0.5, 0.6) is 0 Å². The minimum absolute atomic E-state index is 0.0315. The molecule has 2 aromatic carbocycles. The van der Waals surface area contributed by atoms with Crippen molar-refractivity contribution in [2.45, 2.75) is 17.9 Å². The first kappa shape index (κ1) is 14.5. The number of carbonyl (C=O) groups excluding carboxylic acids is 1. The number of nitrogen functional groups attached to an aromatic ring is 1. The maximum Gasteiger partial charge on any atom is 0.251 e. The van der Waals surface area contributed by atoms with Crippen LogP contribution in [0, 0.1) is 0 Å². The number of thioether (sulfide) groups is 1. The molecule has 3 N–H and O–H groups in total. The first-order valence-corrected chi connectivity index (χ1v) is 7.63. The van der Waals surface area contributed by atoms with Gasteiger partial charge in [0.05, 0.1) is 6.04 Å². The molecule has 0 bridgehead atoms. The average molecular weight is 286 g/mol. The number of hydrogen-bond donors (Lipinski definition) is 2. The van der Waals surface area contributed by atoms with E-state index in [1.807, 2.05) is 25.3 Å². The monoisotopic (exact) mass is 286 g/mol. The minimum atomic E-state index is -0.0913. The molecule has 0 heterocycles. The maximum absolute atomic E-state index is 12.1. The number of nitrogens with one attached hydrogen (secondary N) is 1. The van der Waals surface area contributed by atoms with Crippen molar-refractivity contribution < 1.29 is 4.79 Å². The van der Waals surface area contributed by atoms with Gasteiger partial charge in [-0.05, 0) is 55.1 Å². The summed E-state index contributed by atoms with van der Waals surface area (Å²) in [5, 5.41) is 2.98. The predicted molar refractivity (Wildman–Crippen MR) is 85.0 cm³/mol. The summed E-state index contributed by atoms with van der Waals surface area (Å²) in [6.07, 6.45) is 2.04. The highest BCUT2D eigenvalue weighted by atomic mass is 32.2. The van der Waals surface area contributed by atoms with Gasteiger partial charge in [-0.15, -0.1) is 11.8 Å². The fourth-order valence-corrected chi connectivity index (χ4v) is 2.30. The molecule has 0 spiro atoms. The van der Waals surface area contributed by atoms with Gasteiger partial charge in [-0.1, -0.05) is 12.1 Å². The van der Waals surface area contributed by atoms with Crippen molar-refractivity contribution in [2.75, 3.05) is 12.0 Å². The van der Waals surface area contributed by atoms with Gasteiger partial charge in [0.25, 0.3) is 5.91 Å². The zero-order valence-electron chi connectivity index (χ0n) is 11.6. The van der Waals surface area contributed by atoms with E-state index < -0.39 is 0 Å². The zero-order valence-corrected chi connectivity index (χ0v) is 12.4. The molecule has 0 aliphatic heterocycles. The van der Waals surface area contributed by atoms with Crippen molar-refractivity contribution in [3.63, 3.8) is 0 Å². The van der Waals surface area contributed by atoms with E-state index >= 15 is 0 Å². The van der Waals surface area contributed by atoms with Gasteiger partial charge in [0.15, 0.2) is 0 Å². The van der Waals surface area contributed by atoms with Gasteiger partial charge >= 0.3 is 0 Å². The van der Waals surface area contributed by atoms with Crippen LogP contribution in [0.4, 0.5) is 5.69 Å². The summed E-state index contributed by atoms with van der Waals surface area (Å²) in [5.74, 6) is -0.0913.